The third kappa shape index (κ3) is 2.13. The molecule has 0 saturated carbocycles. The summed E-state index contributed by atoms with van der Waals surface area (Å²) in [4.78, 5) is 7.00. The number of halogens is 2. The first-order valence-electron chi connectivity index (χ1n) is 6.09. The number of H-pyrrole nitrogens is 1. The lowest BCUT2D eigenvalue weighted by molar-refractivity contribution is 0.509. The molecule has 0 atom stereocenters. The van der Waals surface area contributed by atoms with Crippen LogP contribution in [0.5, 0.6) is 0 Å². The summed E-state index contributed by atoms with van der Waals surface area (Å²) < 4.78 is 27.0. The topological polar surface area (TPSA) is 81.8 Å². The van der Waals surface area contributed by atoms with Crippen LogP contribution in [-0.2, 0) is 0 Å². The normalized spacial score (nSPS) is 10.8. The number of nitrogens with zero attached hydrogens (tertiary/aromatic N) is 2. The number of nitrogens with two attached hydrogens (primary N) is 1. The van der Waals surface area contributed by atoms with Crippen LogP contribution in [0.2, 0.25) is 0 Å². The molecule has 2 aromatic heterocycles. The monoisotopic (exact) mass is 287 g/mol. The predicted molar refractivity (Wildman–Crippen MR) is 75.9 cm³/mol. The van der Waals surface area contributed by atoms with E-state index in [0.29, 0.717) is 16.6 Å². The minimum Gasteiger partial charge on any atom is -0.345 e. The van der Waals surface area contributed by atoms with Gasteiger partial charge in [0.15, 0.2) is 11.6 Å². The Morgan fingerprint density at radius 2 is 2.05 bits per heavy atom. The summed E-state index contributed by atoms with van der Waals surface area (Å²) in [5, 5.41) is 9.58. The molecule has 0 radical (unpaired) electrons. The van der Waals surface area contributed by atoms with Crippen LogP contribution in [0.15, 0.2) is 42.7 Å². The van der Waals surface area contributed by atoms with Crippen LogP contribution in [0.25, 0.3) is 11.0 Å². The number of hydrazine groups is 1. The average Bonchev–Trinajstić information content (AvgIpc) is 2.92. The van der Waals surface area contributed by atoms with Crippen molar-refractivity contribution in [3.8, 4) is 0 Å². The van der Waals surface area contributed by atoms with Gasteiger partial charge < -0.3 is 4.98 Å². The maximum atomic E-state index is 13.8. The molecule has 0 aliphatic rings. The molecule has 7 heteroatoms. The largest absolute Gasteiger partial charge is 0.345 e. The zero-order valence-corrected chi connectivity index (χ0v) is 10.8. The van der Waals surface area contributed by atoms with Gasteiger partial charge in [0.05, 0.1) is 5.69 Å². The lowest BCUT2D eigenvalue weighted by Gasteiger charge is -2.19. The highest BCUT2D eigenvalue weighted by atomic mass is 19.2. The second-order valence-corrected chi connectivity index (χ2v) is 4.39. The van der Waals surface area contributed by atoms with Crippen LogP contribution in [-0.4, -0.2) is 15.8 Å². The number of rotatable bonds is 2. The molecule has 3 rings (SSSR count). The van der Waals surface area contributed by atoms with Gasteiger partial charge in [0.1, 0.15) is 11.5 Å². The molecule has 1 aromatic carbocycles. The second kappa shape index (κ2) is 4.95. The summed E-state index contributed by atoms with van der Waals surface area (Å²) in [6.45, 7) is 0. The second-order valence-electron chi connectivity index (χ2n) is 4.39. The van der Waals surface area contributed by atoms with E-state index in [1.54, 1.807) is 24.5 Å². The van der Waals surface area contributed by atoms with Gasteiger partial charge >= 0.3 is 0 Å². The molecular formula is C14H11F2N5. The summed E-state index contributed by atoms with van der Waals surface area (Å²) in [6, 6.07) is 7.11. The third-order valence-corrected chi connectivity index (χ3v) is 3.14. The molecule has 5 nitrogen and oxygen atoms in total. The zero-order chi connectivity index (χ0) is 15.0. The van der Waals surface area contributed by atoms with Crippen LogP contribution in [0.1, 0.15) is 5.56 Å². The van der Waals surface area contributed by atoms with E-state index in [2.05, 4.69) is 9.97 Å². The van der Waals surface area contributed by atoms with Gasteiger partial charge in [-0.25, -0.2) is 19.6 Å². The Hall–Kier alpha value is -2.80. The molecule has 4 N–H and O–H groups in total. The molecule has 0 unspecified atom stereocenters. The lowest BCUT2D eigenvalue weighted by Crippen LogP contribution is -2.38. The van der Waals surface area contributed by atoms with Crippen LogP contribution in [0.4, 0.5) is 14.5 Å². The number of anilines is 1. The number of hydrogen-bond donors (Lipinski definition) is 3. The smallest absolute Gasteiger partial charge is 0.183 e. The molecular weight excluding hydrogens is 276 g/mol. The van der Waals surface area contributed by atoms with E-state index < -0.39 is 11.6 Å². The fourth-order valence-electron chi connectivity index (χ4n) is 2.08. The van der Waals surface area contributed by atoms with E-state index in [4.69, 9.17) is 11.3 Å². The summed E-state index contributed by atoms with van der Waals surface area (Å²) in [5.41, 5.74) is 0.827. The molecule has 0 amide bonds. The van der Waals surface area contributed by atoms with Gasteiger partial charge in [-0.2, -0.15) is 0 Å². The highest BCUT2D eigenvalue weighted by Crippen LogP contribution is 2.23. The molecule has 106 valence electrons. The van der Waals surface area contributed by atoms with E-state index in [1.165, 1.54) is 12.1 Å². The number of fused-ring (bicyclic) bond motifs is 1. The first-order chi connectivity index (χ1) is 10.1. The van der Waals surface area contributed by atoms with E-state index in [9.17, 15) is 8.78 Å². The first kappa shape index (κ1) is 13.2. The summed E-state index contributed by atoms with van der Waals surface area (Å²) >= 11 is 0. The Kier molecular flexibility index (Phi) is 3.11. The molecule has 0 aliphatic carbocycles. The standard InChI is InChI=1S/C14H11F2N5/c15-10-4-1-5-11(12(10)16)21(18)13(17)9-7-20-14-8(9)3-2-6-19-14/h1-7,17H,18H2,(H,19,20). The van der Waals surface area contributed by atoms with Crippen LogP contribution in [0, 0.1) is 17.0 Å². The number of nitrogens with one attached hydrogen (secondary N) is 2. The fraction of sp³-hybridized carbons (Fsp3) is 0. The fourth-order valence-corrected chi connectivity index (χ4v) is 2.08. The van der Waals surface area contributed by atoms with Gasteiger partial charge in [0.25, 0.3) is 0 Å². The third-order valence-electron chi connectivity index (χ3n) is 3.14. The molecule has 3 aromatic rings. The number of aromatic amines is 1. The van der Waals surface area contributed by atoms with Crippen molar-refractivity contribution in [1.29, 1.82) is 5.41 Å². The maximum Gasteiger partial charge on any atom is 0.183 e. The Morgan fingerprint density at radius 3 is 2.86 bits per heavy atom. The quantitative estimate of drug-likeness (QED) is 0.293. The Labute approximate surface area is 118 Å². The summed E-state index contributed by atoms with van der Waals surface area (Å²) in [7, 11) is 0. The zero-order valence-electron chi connectivity index (χ0n) is 10.8. The number of aromatic nitrogens is 2. The molecule has 0 fully saturated rings. The minimum atomic E-state index is -1.09. The van der Waals surface area contributed by atoms with Crippen LogP contribution >= 0.6 is 0 Å². The lowest BCUT2D eigenvalue weighted by atomic mass is 10.2. The van der Waals surface area contributed by atoms with Crippen molar-refractivity contribution in [2.45, 2.75) is 0 Å². The molecule has 21 heavy (non-hydrogen) atoms. The Balaban J connectivity index is 2.04. The van der Waals surface area contributed by atoms with Crippen LogP contribution < -0.4 is 10.9 Å². The van der Waals surface area contributed by atoms with Gasteiger partial charge in [-0.3, -0.25) is 10.4 Å². The summed E-state index contributed by atoms with van der Waals surface area (Å²) in [5.74, 6) is 3.48. The minimum absolute atomic E-state index is 0.168. The van der Waals surface area contributed by atoms with E-state index in [-0.39, 0.29) is 11.5 Å². The van der Waals surface area contributed by atoms with E-state index >= 15 is 0 Å². The first-order valence-corrected chi connectivity index (χ1v) is 6.09. The van der Waals surface area contributed by atoms with E-state index in [0.717, 1.165) is 11.1 Å². The SMILES string of the molecule is N=C(c1c[nH]c2ncccc12)N(N)c1cccc(F)c1F. The highest BCUT2D eigenvalue weighted by molar-refractivity contribution is 6.14. The molecule has 0 spiro atoms. The van der Waals surface area contributed by atoms with Crippen molar-refractivity contribution < 1.29 is 8.78 Å². The van der Waals surface area contributed by atoms with Gasteiger partial charge in [-0.05, 0) is 24.3 Å². The van der Waals surface area contributed by atoms with Crippen molar-refractivity contribution in [2.24, 2.45) is 5.84 Å². The van der Waals surface area contributed by atoms with Crippen LogP contribution in [0.3, 0.4) is 0 Å². The number of hydrogen-bond acceptors (Lipinski definition) is 3. The van der Waals surface area contributed by atoms with Crippen molar-refractivity contribution in [3.05, 3.63) is 59.9 Å². The maximum absolute atomic E-state index is 13.8. The number of amidine groups is 1. The summed E-state index contributed by atoms with van der Waals surface area (Å²) in [6.07, 6.45) is 3.16. The molecule has 0 bridgehead atoms. The molecule has 0 saturated heterocycles. The average molecular weight is 287 g/mol. The van der Waals surface area contributed by atoms with Gasteiger partial charge in [0.2, 0.25) is 0 Å². The highest BCUT2D eigenvalue weighted by Gasteiger charge is 2.19. The van der Waals surface area contributed by atoms with Gasteiger partial charge in [0, 0.05) is 23.3 Å². The number of pyridine rings is 1. The van der Waals surface area contributed by atoms with Crippen molar-refractivity contribution in [3.63, 3.8) is 0 Å². The molecule has 0 aliphatic heterocycles. The van der Waals surface area contributed by atoms with Crippen molar-refractivity contribution in [2.75, 3.05) is 5.01 Å². The predicted octanol–water partition coefficient (Wildman–Crippen LogP) is 2.55. The van der Waals surface area contributed by atoms with E-state index in [1.807, 2.05) is 0 Å². The number of benzene rings is 1. The Bertz CT molecular complexity index is 827. The van der Waals surface area contributed by atoms with Crippen molar-refractivity contribution >= 4 is 22.6 Å². The van der Waals surface area contributed by atoms with Gasteiger partial charge in [-0.1, -0.05) is 6.07 Å². The molecule has 2 heterocycles. The van der Waals surface area contributed by atoms with Gasteiger partial charge in [-0.15, -0.1) is 0 Å². The Morgan fingerprint density at radius 1 is 1.24 bits per heavy atom. The van der Waals surface area contributed by atoms with Crippen molar-refractivity contribution in [1.82, 2.24) is 9.97 Å².